The van der Waals surface area contributed by atoms with Crippen LogP contribution in [0, 0.1) is 0 Å². The topological polar surface area (TPSA) is 8.17 Å². The van der Waals surface area contributed by atoms with E-state index in [4.69, 9.17) is 0 Å². The molecule has 0 N–H and O–H groups in total. The second-order valence-electron chi connectivity index (χ2n) is 14.1. The number of hydrogen-bond acceptors (Lipinski definition) is 2. The Labute approximate surface area is 323 Å². The molecule has 55 heavy (non-hydrogen) atoms. The zero-order valence-corrected chi connectivity index (χ0v) is 30.7. The third-order valence-electron chi connectivity index (χ3n) is 11.0. The molecule has 2 nitrogen and oxygen atoms in total. The molecular formula is C52H34N2S. The Morgan fingerprint density at radius 2 is 0.982 bits per heavy atom. The number of nitrogens with zero attached hydrogens (tertiary/aromatic N) is 2. The average Bonchev–Trinajstić information content (AvgIpc) is 3.80. The third-order valence-corrected chi connectivity index (χ3v) is 12.2. The fourth-order valence-corrected chi connectivity index (χ4v) is 9.71. The molecular weight excluding hydrogens is 685 g/mol. The fraction of sp³-hybridized carbons (Fsp3) is 0. The first-order chi connectivity index (χ1) is 27.3. The number of para-hydroxylation sites is 5. The van der Waals surface area contributed by atoms with E-state index >= 15 is 0 Å². The molecule has 0 atom stereocenters. The average molecular weight is 719 g/mol. The number of thiophene rings is 1. The molecule has 9 aromatic carbocycles. The number of hydrogen-bond donors (Lipinski definition) is 0. The van der Waals surface area contributed by atoms with E-state index in [0.717, 1.165) is 22.7 Å². The van der Waals surface area contributed by atoms with Crippen LogP contribution in [0.5, 0.6) is 0 Å². The Balaban J connectivity index is 1.19. The van der Waals surface area contributed by atoms with Gasteiger partial charge in [0.05, 0.1) is 28.1 Å². The van der Waals surface area contributed by atoms with Crippen LogP contribution in [-0.4, -0.2) is 4.57 Å². The molecule has 258 valence electrons. The lowest BCUT2D eigenvalue weighted by Gasteiger charge is -2.30. The Morgan fingerprint density at radius 1 is 0.382 bits per heavy atom. The van der Waals surface area contributed by atoms with Gasteiger partial charge in [-0.3, -0.25) is 0 Å². The quantitative estimate of drug-likeness (QED) is 0.166. The summed E-state index contributed by atoms with van der Waals surface area (Å²) in [6, 6.07) is 75.3. The maximum Gasteiger partial charge on any atom is 0.0702 e. The molecule has 11 aromatic rings. The van der Waals surface area contributed by atoms with E-state index in [1.165, 1.54) is 75.0 Å². The first kappa shape index (κ1) is 31.6. The van der Waals surface area contributed by atoms with Gasteiger partial charge in [-0.05, 0) is 76.5 Å². The Morgan fingerprint density at radius 3 is 1.82 bits per heavy atom. The summed E-state index contributed by atoms with van der Waals surface area (Å²) in [6.45, 7) is 0. The Hall–Kier alpha value is -6.94. The number of aromatic nitrogens is 1. The van der Waals surface area contributed by atoms with Crippen LogP contribution in [0.4, 0.5) is 17.1 Å². The van der Waals surface area contributed by atoms with Crippen LogP contribution >= 0.6 is 11.3 Å². The zero-order valence-electron chi connectivity index (χ0n) is 29.9. The molecule has 0 unspecified atom stereocenters. The predicted molar refractivity (Wildman–Crippen MR) is 237 cm³/mol. The number of anilines is 3. The van der Waals surface area contributed by atoms with Crippen molar-refractivity contribution in [1.82, 2.24) is 4.57 Å². The number of rotatable bonds is 6. The van der Waals surface area contributed by atoms with Crippen molar-refractivity contribution in [3.8, 4) is 27.9 Å². The molecule has 2 heterocycles. The van der Waals surface area contributed by atoms with Gasteiger partial charge in [0.1, 0.15) is 0 Å². The van der Waals surface area contributed by atoms with E-state index in [1.807, 2.05) is 11.3 Å². The van der Waals surface area contributed by atoms with Crippen LogP contribution < -0.4 is 4.90 Å². The van der Waals surface area contributed by atoms with Crippen LogP contribution in [0.15, 0.2) is 206 Å². The van der Waals surface area contributed by atoms with Gasteiger partial charge in [-0.25, -0.2) is 0 Å². The molecule has 0 aliphatic rings. The van der Waals surface area contributed by atoms with Crippen molar-refractivity contribution in [3.05, 3.63) is 206 Å². The summed E-state index contributed by atoms with van der Waals surface area (Å²) in [5.74, 6) is 0. The van der Waals surface area contributed by atoms with Gasteiger partial charge in [-0.1, -0.05) is 152 Å². The van der Waals surface area contributed by atoms with Crippen LogP contribution in [0.3, 0.4) is 0 Å². The van der Waals surface area contributed by atoms with E-state index in [1.54, 1.807) is 0 Å². The largest absolute Gasteiger partial charge is 0.308 e. The van der Waals surface area contributed by atoms with Crippen LogP contribution in [0.25, 0.3) is 80.7 Å². The van der Waals surface area contributed by atoms with E-state index in [0.29, 0.717) is 0 Å². The van der Waals surface area contributed by atoms with Gasteiger partial charge in [0, 0.05) is 47.8 Å². The SMILES string of the molecule is c1cc(-c2ccc3ccccc3c2)cc(N(c2ccccc2-c2cccc3c2sc2ccccc23)c2ccccc2-n2c3ccccc3c3ccccc32)c1. The van der Waals surface area contributed by atoms with E-state index in [-0.39, 0.29) is 0 Å². The molecule has 0 aliphatic heterocycles. The van der Waals surface area contributed by atoms with Crippen molar-refractivity contribution < 1.29 is 0 Å². The van der Waals surface area contributed by atoms with Crippen molar-refractivity contribution in [2.75, 3.05) is 4.90 Å². The molecule has 11 rings (SSSR count). The minimum absolute atomic E-state index is 1.09. The van der Waals surface area contributed by atoms with Gasteiger partial charge < -0.3 is 9.47 Å². The van der Waals surface area contributed by atoms with Crippen molar-refractivity contribution in [3.63, 3.8) is 0 Å². The van der Waals surface area contributed by atoms with Gasteiger partial charge in [-0.2, -0.15) is 0 Å². The first-order valence-corrected chi connectivity index (χ1v) is 19.6. The van der Waals surface area contributed by atoms with Crippen molar-refractivity contribution in [2.24, 2.45) is 0 Å². The summed E-state index contributed by atoms with van der Waals surface area (Å²) in [4.78, 5) is 2.48. The molecule has 0 saturated carbocycles. The van der Waals surface area contributed by atoms with Gasteiger partial charge in [0.25, 0.3) is 0 Å². The minimum Gasteiger partial charge on any atom is -0.308 e. The summed E-state index contributed by atoms with van der Waals surface area (Å²) >= 11 is 1.88. The lowest BCUT2D eigenvalue weighted by atomic mass is 9.98. The minimum atomic E-state index is 1.09. The summed E-state index contributed by atoms with van der Waals surface area (Å²) < 4.78 is 5.05. The van der Waals surface area contributed by atoms with E-state index < -0.39 is 0 Å². The van der Waals surface area contributed by atoms with Crippen molar-refractivity contribution >= 4 is 81.1 Å². The Kier molecular flexibility index (Phi) is 7.39. The first-order valence-electron chi connectivity index (χ1n) is 18.8. The predicted octanol–water partition coefficient (Wildman–Crippen LogP) is 15.1. The molecule has 0 fully saturated rings. The lowest BCUT2D eigenvalue weighted by molar-refractivity contribution is 1.15. The molecule has 0 saturated heterocycles. The molecule has 0 bridgehead atoms. The summed E-state index contributed by atoms with van der Waals surface area (Å²) in [6.07, 6.45) is 0. The normalized spacial score (nSPS) is 11.6. The summed E-state index contributed by atoms with van der Waals surface area (Å²) in [7, 11) is 0. The van der Waals surface area contributed by atoms with Crippen molar-refractivity contribution in [1.29, 1.82) is 0 Å². The molecule has 3 heteroatoms. The second kappa shape index (κ2) is 12.9. The zero-order chi connectivity index (χ0) is 36.3. The smallest absolute Gasteiger partial charge is 0.0702 e. The monoisotopic (exact) mass is 718 g/mol. The highest BCUT2D eigenvalue weighted by Crippen LogP contribution is 2.48. The standard InChI is InChI=1S/C52H34N2S/c1-2-16-36-33-38(32-31-35(36)15-1)37-17-13-18-39(34-37)53(46-25-7-5-21-42(46)44-23-14-24-45-43-22-6-12-30-51(43)55-52(44)45)49-28-10-11-29-50(49)54-47-26-8-3-19-40(47)41-20-4-9-27-48(41)54/h1-34H. The summed E-state index contributed by atoms with van der Waals surface area (Å²) in [5, 5.41) is 7.57. The molecule has 0 aliphatic carbocycles. The number of benzene rings is 9. The summed E-state index contributed by atoms with van der Waals surface area (Å²) in [5.41, 5.74) is 11.6. The molecule has 0 radical (unpaired) electrons. The van der Waals surface area contributed by atoms with Crippen LogP contribution in [0.1, 0.15) is 0 Å². The second-order valence-corrected chi connectivity index (χ2v) is 15.2. The lowest BCUT2D eigenvalue weighted by Crippen LogP contribution is -2.14. The molecule has 2 aromatic heterocycles. The fourth-order valence-electron chi connectivity index (χ4n) is 8.48. The third kappa shape index (κ3) is 5.16. The highest BCUT2D eigenvalue weighted by Gasteiger charge is 2.24. The van der Waals surface area contributed by atoms with Gasteiger partial charge in [-0.15, -0.1) is 11.3 Å². The van der Waals surface area contributed by atoms with Crippen molar-refractivity contribution in [2.45, 2.75) is 0 Å². The van der Waals surface area contributed by atoms with E-state index in [2.05, 4.69) is 216 Å². The number of fused-ring (bicyclic) bond motifs is 7. The Bertz CT molecular complexity index is 3190. The van der Waals surface area contributed by atoms with E-state index in [9.17, 15) is 0 Å². The molecule has 0 amide bonds. The van der Waals surface area contributed by atoms with Gasteiger partial charge >= 0.3 is 0 Å². The van der Waals surface area contributed by atoms with Gasteiger partial charge in [0.15, 0.2) is 0 Å². The van der Waals surface area contributed by atoms with Crippen LogP contribution in [-0.2, 0) is 0 Å². The highest BCUT2D eigenvalue weighted by molar-refractivity contribution is 7.26. The van der Waals surface area contributed by atoms with Crippen LogP contribution in [0.2, 0.25) is 0 Å². The maximum atomic E-state index is 2.48. The van der Waals surface area contributed by atoms with Gasteiger partial charge in [0.2, 0.25) is 0 Å². The molecule has 0 spiro atoms. The highest BCUT2D eigenvalue weighted by atomic mass is 32.1. The maximum absolute atomic E-state index is 2.48.